The van der Waals surface area contributed by atoms with E-state index in [0.717, 1.165) is 5.56 Å². The number of carbonyl (C=O) groups is 1. The average molecular weight is 319 g/mol. The highest BCUT2D eigenvalue weighted by Gasteiger charge is 2.20. The van der Waals surface area contributed by atoms with Crippen LogP contribution in [0.3, 0.4) is 0 Å². The Bertz CT molecular complexity index is 527. The van der Waals surface area contributed by atoms with E-state index < -0.39 is 0 Å². The normalized spacial score (nSPS) is 18.4. The van der Waals surface area contributed by atoms with Crippen molar-refractivity contribution in [3.05, 3.63) is 35.9 Å². The number of hydrogen-bond donors (Lipinski definition) is 0. The predicted octanol–water partition coefficient (Wildman–Crippen LogP) is 2.83. The van der Waals surface area contributed by atoms with Gasteiger partial charge in [0.05, 0.1) is 19.1 Å². The van der Waals surface area contributed by atoms with Gasteiger partial charge in [-0.3, -0.25) is 4.79 Å². The van der Waals surface area contributed by atoms with Crippen LogP contribution in [0.1, 0.15) is 32.8 Å². The lowest BCUT2D eigenvalue weighted by molar-refractivity contribution is -0.152. The van der Waals surface area contributed by atoms with E-state index in [4.69, 9.17) is 14.2 Å². The van der Waals surface area contributed by atoms with Crippen LogP contribution in [0.25, 0.3) is 0 Å². The molecule has 0 radical (unpaired) electrons. The van der Waals surface area contributed by atoms with E-state index in [2.05, 4.69) is 4.99 Å². The van der Waals surface area contributed by atoms with Crippen molar-refractivity contribution in [1.29, 1.82) is 0 Å². The van der Waals surface area contributed by atoms with Crippen LogP contribution in [-0.2, 0) is 19.0 Å². The molecule has 0 spiro atoms. The van der Waals surface area contributed by atoms with Crippen molar-refractivity contribution in [3.8, 4) is 0 Å². The number of benzene rings is 1. The molecule has 23 heavy (non-hydrogen) atoms. The van der Waals surface area contributed by atoms with Gasteiger partial charge in [0.1, 0.15) is 18.8 Å². The van der Waals surface area contributed by atoms with E-state index in [-0.39, 0.29) is 24.0 Å². The van der Waals surface area contributed by atoms with E-state index >= 15 is 0 Å². The Kier molecular flexibility index (Phi) is 6.59. The first kappa shape index (κ1) is 17.5. The molecule has 1 aliphatic rings. The SMILES string of the molecule is CC(CCOCC1COC(c2ccccc2)=N1)OC(=O)C(C)C. The molecule has 5 nitrogen and oxygen atoms in total. The zero-order valence-electron chi connectivity index (χ0n) is 14.0. The Labute approximate surface area is 137 Å². The first-order valence-electron chi connectivity index (χ1n) is 8.10. The fourth-order valence-corrected chi connectivity index (χ4v) is 2.10. The predicted molar refractivity (Wildman–Crippen MR) is 88.5 cm³/mol. The molecule has 0 saturated heterocycles. The summed E-state index contributed by atoms with van der Waals surface area (Å²) in [6.45, 7) is 7.14. The molecule has 1 aromatic rings. The highest BCUT2D eigenvalue weighted by atomic mass is 16.5. The molecule has 2 rings (SSSR count). The van der Waals surface area contributed by atoms with E-state index in [1.54, 1.807) is 0 Å². The van der Waals surface area contributed by atoms with Crippen LogP contribution in [-0.4, -0.2) is 43.8 Å². The molecule has 0 aromatic heterocycles. The highest BCUT2D eigenvalue weighted by Crippen LogP contribution is 2.12. The Morgan fingerprint density at radius 1 is 1.30 bits per heavy atom. The number of aliphatic imine (C=N–C) groups is 1. The Hall–Kier alpha value is -1.88. The van der Waals surface area contributed by atoms with Gasteiger partial charge >= 0.3 is 5.97 Å². The number of hydrogen-bond acceptors (Lipinski definition) is 5. The average Bonchev–Trinajstić information content (AvgIpc) is 3.01. The van der Waals surface area contributed by atoms with E-state index in [0.29, 0.717) is 32.1 Å². The first-order chi connectivity index (χ1) is 11.1. The summed E-state index contributed by atoms with van der Waals surface area (Å²) in [5, 5.41) is 0. The fourth-order valence-electron chi connectivity index (χ4n) is 2.10. The maximum Gasteiger partial charge on any atom is 0.308 e. The van der Waals surface area contributed by atoms with Crippen LogP contribution in [0.4, 0.5) is 0 Å². The molecular formula is C18H25NO4. The second kappa shape index (κ2) is 8.67. The van der Waals surface area contributed by atoms with Crippen LogP contribution < -0.4 is 0 Å². The number of carbonyl (C=O) groups excluding carboxylic acids is 1. The molecule has 1 heterocycles. The van der Waals surface area contributed by atoms with E-state index in [1.807, 2.05) is 51.1 Å². The summed E-state index contributed by atoms with van der Waals surface area (Å²) >= 11 is 0. The summed E-state index contributed by atoms with van der Waals surface area (Å²) in [7, 11) is 0. The van der Waals surface area contributed by atoms with Crippen molar-refractivity contribution in [2.45, 2.75) is 39.3 Å². The molecule has 2 unspecified atom stereocenters. The van der Waals surface area contributed by atoms with Crippen molar-refractivity contribution in [2.24, 2.45) is 10.9 Å². The van der Waals surface area contributed by atoms with Crippen molar-refractivity contribution in [3.63, 3.8) is 0 Å². The minimum Gasteiger partial charge on any atom is -0.475 e. The Morgan fingerprint density at radius 2 is 2.04 bits per heavy atom. The number of rotatable bonds is 8. The lowest BCUT2D eigenvalue weighted by Crippen LogP contribution is -2.21. The van der Waals surface area contributed by atoms with Gasteiger partial charge in [0.2, 0.25) is 5.90 Å². The summed E-state index contributed by atoms with van der Waals surface area (Å²) in [6, 6.07) is 9.88. The molecule has 2 atom stereocenters. The van der Waals surface area contributed by atoms with Crippen LogP contribution in [0.2, 0.25) is 0 Å². The molecule has 0 fully saturated rings. The largest absolute Gasteiger partial charge is 0.475 e. The molecule has 1 aliphatic heterocycles. The van der Waals surface area contributed by atoms with Gasteiger partial charge in [-0.25, -0.2) is 4.99 Å². The van der Waals surface area contributed by atoms with Crippen LogP contribution in [0, 0.1) is 5.92 Å². The van der Waals surface area contributed by atoms with Crippen molar-refractivity contribution >= 4 is 11.9 Å². The lowest BCUT2D eigenvalue weighted by Gasteiger charge is -2.15. The summed E-state index contributed by atoms with van der Waals surface area (Å²) in [5.41, 5.74) is 0.990. The molecule has 0 saturated carbocycles. The zero-order chi connectivity index (χ0) is 16.7. The van der Waals surface area contributed by atoms with Crippen molar-refractivity contribution < 1.29 is 19.0 Å². The van der Waals surface area contributed by atoms with Crippen LogP contribution in [0.5, 0.6) is 0 Å². The molecule has 5 heteroatoms. The lowest BCUT2D eigenvalue weighted by atomic mass is 10.2. The number of ether oxygens (including phenoxy) is 3. The van der Waals surface area contributed by atoms with Gasteiger partial charge in [-0.1, -0.05) is 32.0 Å². The first-order valence-corrected chi connectivity index (χ1v) is 8.10. The smallest absolute Gasteiger partial charge is 0.308 e. The molecule has 1 aromatic carbocycles. The van der Waals surface area contributed by atoms with Gasteiger partial charge in [0, 0.05) is 12.0 Å². The Morgan fingerprint density at radius 3 is 2.74 bits per heavy atom. The quantitative estimate of drug-likeness (QED) is 0.546. The van der Waals surface area contributed by atoms with Crippen molar-refractivity contribution in [1.82, 2.24) is 0 Å². The number of esters is 1. The minimum atomic E-state index is -0.168. The summed E-state index contributed by atoms with van der Waals surface area (Å²) in [5.74, 6) is 0.414. The van der Waals surface area contributed by atoms with Gasteiger partial charge in [0.15, 0.2) is 0 Å². The van der Waals surface area contributed by atoms with E-state index in [1.165, 1.54) is 0 Å². The third-order valence-corrected chi connectivity index (χ3v) is 3.50. The summed E-state index contributed by atoms with van der Waals surface area (Å²) < 4.78 is 16.5. The van der Waals surface area contributed by atoms with Gasteiger partial charge in [-0.05, 0) is 19.1 Å². The molecule has 0 aliphatic carbocycles. The third-order valence-electron chi connectivity index (χ3n) is 3.50. The fraction of sp³-hybridized carbons (Fsp3) is 0.556. The Balaban J connectivity index is 1.66. The summed E-state index contributed by atoms with van der Waals surface area (Å²) in [4.78, 5) is 16.0. The van der Waals surface area contributed by atoms with Crippen LogP contribution in [0.15, 0.2) is 35.3 Å². The van der Waals surface area contributed by atoms with E-state index in [9.17, 15) is 4.79 Å². The maximum absolute atomic E-state index is 11.5. The molecule has 126 valence electrons. The second-order valence-corrected chi connectivity index (χ2v) is 6.03. The monoisotopic (exact) mass is 319 g/mol. The van der Waals surface area contributed by atoms with Gasteiger partial charge in [-0.15, -0.1) is 0 Å². The van der Waals surface area contributed by atoms with Gasteiger partial charge < -0.3 is 14.2 Å². The van der Waals surface area contributed by atoms with Crippen LogP contribution >= 0.6 is 0 Å². The maximum atomic E-state index is 11.5. The third kappa shape index (κ3) is 5.67. The standard InChI is InChI=1S/C18H25NO4/c1-13(2)18(20)23-14(3)9-10-21-11-16-12-22-17(19-16)15-7-5-4-6-8-15/h4-8,13-14,16H,9-12H2,1-3H3. The van der Waals surface area contributed by atoms with Gasteiger partial charge in [-0.2, -0.15) is 0 Å². The van der Waals surface area contributed by atoms with Crippen molar-refractivity contribution in [2.75, 3.05) is 19.8 Å². The molecule has 0 N–H and O–H groups in total. The topological polar surface area (TPSA) is 57.1 Å². The second-order valence-electron chi connectivity index (χ2n) is 6.03. The highest BCUT2D eigenvalue weighted by molar-refractivity contribution is 5.95. The molecular weight excluding hydrogens is 294 g/mol. The zero-order valence-corrected chi connectivity index (χ0v) is 14.0. The van der Waals surface area contributed by atoms with Gasteiger partial charge in [0.25, 0.3) is 0 Å². The molecule has 0 amide bonds. The summed E-state index contributed by atoms with van der Waals surface area (Å²) in [6.07, 6.45) is 0.550. The molecule has 0 bridgehead atoms. The number of nitrogens with zero attached hydrogens (tertiary/aromatic N) is 1. The minimum absolute atomic E-state index is 0.0266.